The third-order valence-corrected chi connectivity index (χ3v) is 6.08. The second-order valence-corrected chi connectivity index (χ2v) is 8.27. The first kappa shape index (κ1) is 23.1. The van der Waals surface area contributed by atoms with Crippen molar-refractivity contribution in [3.63, 3.8) is 0 Å². The first-order valence-electron chi connectivity index (χ1n) is 10.5. The smallest absolute Gasteiger partial charge is 0.275 e. The highest BCUT2D eigenvalue weighted by molar-refractivity contribution is 7.15. The third-order valence-electron chi connectivity index (χ3n) is 4.83. The number of nitrogens with zero attached hydrogens (tertiary/aromatic N) is 2. The van der Waals surface area contributed by atoms with Gasteiger partial charge in [0.2, 0.25) is 0 Å². The number of carbonyl (C=O) groups is 2. The van der Waals surface area contributed by atoms with Crippen LogP contribution < -0.4 is 15.4 Å². The molecular weight excluding hydrogens is 455 g/mol. The molecule has 172 valence electrons. The number of aryl methyl sites for hydroxylation is 1. The lowest BCUT2D eigenvalue weighted by atomic mass is 10.1. The molecule has 0 spiro atoms. The van der Waals surface area contributed by atoms with E-state index in [2.05, 4.69) is 20.6 Å². The highest BCUT2D eigenvalue weighted by Crippen LogP contribution is 2.32. The third kappa shape index (κ3) is 5.26. The van der Waals surface area contributed by atoms with Gasteiger partial charge in [-0.25, -0.2) is 9.37 Å². The molecule has 2 heterocycles. The Kier molecular flexibility index (Phi) is 6.93. The number of anilines is 1. The Morgan fingerprint density at radius 3 is 2.41 bits per heavy atom. The fraction of sp³-hybridized carbons (Fsp3) is 0.120. The summed E-state index contributed by atoms with van der Waals surface area (Å²) >= 11 is 1.42. The van der Waals surface area contributed by atoms with Crippen LogP contribution in [0.25, 0.3) is 10.4 Å². The maximum atomic E-state index is 13.3. The summed E-state index contributed by atoms with van der Waals surface area (Å²) in [6, 6.07) is 16.0. The van der Waals surface area contributed by atoms with Crippen molar-refractivity contribution in [1.29, 1.82) is 0 Å². The highest BCUT2D eigenvalue weighted by Gasteiger charge is 2.19. The Morgan fingerprint density at radius 2 is 1.74 bits per heavy atom. The predicted molar refractivity (Wildman–Crippen MR) is 129 cm³/mol. The van der Waals surface area contributed by atoms with E-state index >= 15 is 0 Å². The molecule has 2 aromatic heterocycles. The Bertz CT molecular complexity index is 1320. The molecule has 0 radical (unpaired) electrons. The number of amides is 2. The van der Waals surface area contributed by atoms with Crippen molar-refractivity contribution in [3.8, 4) is 21.9 Å². The zero-order valence-corrected chi connectivity index (χ0v) is 19.3. The fourth-order valence-electron chi connectivity index (χ4n) is 3.13. The summed E-state index contributed by atoms with van der Waals surface area (Å²) in [4.78, 5) is 33.9. The SMILES string of the molecule is CCc1nc(C(=O)Nc2ccc(Oc3ccnc(C(=O)NC)c3)cc2)c(-c2ccc(F)cc2)s1. The Hall–Kier alpha value is -4.11. The first-order chi connectivity index (χ1) is 16.5. The molecule has 0 bridgehead atoms. The molecule has 0 aliphatic heterocycles. The second kappa shape index (κ2) is 10.2. The van der Waals surface area contributed by atoms with Crippen LogP contribution in [-0.4, -0.2) is 28.8 Å². The number of hydrogen-bond donors (Lipinski definition) is 2. The molecular formula is C25H21FN4O3S. The van der Waals surface area contributed by atoms with Crippen LogP contribution in [0.15, 0.2) is 66.9 Å². The summed E-state index contributed by atoms with van der Waals surface area (Å²) < 4.78 is 19.1. The quantitative estimate of drug-likeness (QED) is 0.377. The number of carbonyl (C=O) groups excluding carboxylic acids is 2. The average molecular weight is 477 g/mol. The van der Waals surface area contributed by atoms with Crippen molar-refractivity contribution in [2.45, 2.75) is 13.3 Å². The Morgan fingerprint density at radius 1 is 1.00 bits per heavy atom. The van der Waals surface area contributed by atoms with Crippen LogP contribution in [0.1, 0.15) is 32.9 Å². The Labute approximate surface area is 199 Å². The molecule has 0 fully saturated rings. The molecule has 0 aliphatic rings. The summed E-state index contributed by atoms with van der Waals surface area (Å²) in [6.07, 6.45) is 2.18. The monoisotopic (exact) mass is 476 g/mol. The molecule has 7 nitrogen and oxygen atoms in total. The van der Waals surface area contributed by atoms with Gasteiger partial charge in [-0.3, -0.25) is 14.6 Å². The summed E-state index contributed by atoms with van der Waals surface area (Å²) in [6.45, 7) is 1.97. The standard InChI is InChI=1S/C25H21FN4O3S/c1-3-21-30-22(23(34-21)15-4-6-16(26)7-5-15)25(32)29-17-8-10-18(11-9-17)33-19-12-13-28-20(14-19)24(31)27-2/h4-14H,3H2,1-2H3,(H,27,31)(H,29,32). The zero-order valence-electron chi connectivity index (χ0n) is 18.5. The lowest BCUT2D eigenvalue weighted by molar-refractivity contribution is 0.0957. The van der Waals surface area contributed by atoms with Crippen LogP contribution in [0.5, 0.6) is 11.5 Å². The van der Waals surface area contributed by atoms with Crippen molar-refractivity contribution < 1.29 is 18.7 Å². The second-order valence-electron chi connectivity index (χ2n) is 7.18. The highest BCUT2D eigenvalue weighted by atomic mass is 32.1. The average Bonchev–Trinajstić information content (AvgIpc) is 3.30. The molecule has 34 heavy (non-hydrogen) atoms. The van der Waals surface area contributed by atoms with Gasteiger partial charge in [0.1, 0.15) is 28.7 Å². The minimum absolute atomic E-state index is 0.246. The van der Waals surface area contributed by atoms with Gasteiger partial charge in [0.25, 0.3) is 11.8 Å². The number of halogens is 1. The maximum Gasteiger partial charge on any atom is 0.275 e. The van der Waals surface area contributed by atoms with Gasteiger partial charge in [-0.15, -0.1) is 11.3 Å². The number of aromatic nitrogens is 2. The number of nitrogens with one attached hydrogen (secondary N) is 2. The molecule has 2 N–H and O–H groups in total. The van der Waals surface area contributed by atoms with Crippen molar-refractivity contribution in [2.75, 3.05) is 12.4 Å². The van der Waals surface area contributed by atoms with E-state index in [0.717, 1.165) is 10.6 Å². The van der Waals surface area contributed by atoms with E-state index in [1.54, 1.807) is 48.5 Å². The molecule has 0 saturated heterocycles. The molecule has 0 aliphatic carbocycles. The van der Waals surface area contributed by atoms with Crippen molar-refractivity contribution in [3.05, 3.63) is 89.1 Å². The summed E-state index contributed by atoms with van der Waals surface area (Å²) in [5, 5.41) is 6.19. The molecule has 2 aromatic carbocycles. The van der Waals surface area contributed by atoms with E-state index in [1.165, 1.54) is 36.7 Å². The van der Waals surface area contributed by atoms with Gasteiger partial charge >= 0.3 is 0 Å². The van der Waals surface area contributed by atoms with Crippen LogP contribution >= 0.6 is 11.3 Å². The summed E-state index contributed by atoms with van der Waals surface area (Å²) in [7, 11) is 1.53. The van der Waals surface area contributed by atoms with Gasteiger partial charge in [-0.05, 0) is 54.4 Å². The molecule has 2 amide bonds. The van der Waals surface area contributed by atoms with Crippen LogP contribution in [0.4, 0.5) is 10.1 Å². The zero-order chi connectivity index (χ0) is 24.1. The largest absolute Gasteiger partial charge is 0.457 e. The van der Waals surface area contributed by atoms with E-state index < -0.39 is 0 Å². The van der Waals surface area contributed by atoms with Crippen molar-refractivity contribution >= 4 is 28.8 Å². The van der Waals surface area contributed by atoms with Gasteiger partial charge in [-0.2, -0.15) is 0 Å². The van der Waals surface area contributed by atoms with E-state index in [1.807, 2.05) is 6.92 Å². The van der Waals surface area contributed by atoms with Crippen molar-refractivity contribution in [1.82, 2.24) is 15.3 Å². The lowest BCUT2D eigenvalue weighted by Crippen LogP contribution is -2.18. The van der Waals surface area contributed by atoms with Gasteiger partial charge < -0.3 is 15.4 Å². The van der Waals surface area contributed by atoms with E-state index in [0.29, 0.717) is 34.2 Å². The normalized spacial score (nSPS) is 10.6. The Balaban J connectivity index is 1.49. The topological polar surface area (TPSA) is 93.2 Å². The van der Waals surface area contributed by atoms with E-state index in [9.17, 15) is 14.0 Å². The maximum absolute atomic E-state index is 13.3. The van der Waals surface area contributed by atoms with Crippen molar-refractivity contribution in [2.24, 2.45) is 0 Å². The van der Waals surface area contributed by atoms with E-state index in [4.69, 9.17) is 4.74 Å². The van der Waals surface area contributed by atoms with Crippen LogP contribution in [0.2, 0.25) is 0 Å². The number of ether oxygens (including phenoxy) is 1. The summed E-state index contributed by atoms with van der Waals surface area (Å²) in [5.41, 5.74) is 1.85. The number of rotatable bonds is 7. The van der Waals surface area contributed by atoms with Crippen LogP contribution in [0, 0.1) is 5.82 Å². The van der Waals surface area contributed by atoms with Gasteiger partial charge in [0.15, 0.2) is 0 Å². The minimum Gasteiger partial charge on any atom is -0.457 e. The number of pyridine rings is 1. The molecule has 0 atom stereocenters. The number of benzene rings is 2. The molecule has 4 rings (SSSR count). The lowest BCUT2D eigenvalue weighted by Gasteiger charge is -2.09. The van der Waals surface area contributed by atoms with Crippen LogP contribution in [-0.2, 0) is 6.42 Å². The summed E-state index contributed by atoms with van der Waals surface area (Å²) in [5.74, 6) is -0.0103. The van der Waals surface area contributed by atoms with E-state index in [-0.39, 0.29) is 23.3 Å². The number of hydrogen-bond acceptors (Lipinski definition) is 6. The fourth-order valence-corrected chi connectivity index (χ4v) is 4.13. The molecule has 4 aromatic rings. The van der Waals surface area contributed by atoms with Gasteiger partial charge in [0.05, 0.1) is 9.88 Å². The number of thiazole rings is 1. The van der Waals surface area contributed by atoms with Gasteiger partial charge in [0, 0.05) is 25.0 Å². The predicted octanol–water partition coefficient (Wildman–Crippen LogP) is 5.31. The minimum atomic E-state index is -0.353. The molecule has 9 heteroatoms. The molecule has 0 saturated carbocycles. The molecule has 0 unspecified atom stereocenters. The van der Waals surface area contributed by atoms with Gasteiger partial charge in [-0.1, -0.05) is 19.1 Å². The first-order valence-corrected chi connectivity index (χ1v) is 11.3. The van der Waals surface area contributed by atoms with Crippen LogP contribution in [0.3, 0.4) is 0 Å².